The van der Waals surface area contributed by atoms with Crippen molar-refractivity contribution < 1.29 is 4.39 Å². The van der Waals surface area contributed by atoms with Crippen molar-refractivity contribution in [2.24, 2.45) is 7.05 Å². The van der Waals surface area contributed by atoms with E-state index in [2.05, 4.69) is 21.1 Å². The summed E-state index contributed by atoms with van der Waals surface area (Å²) in [5.41, 5.74) is 2.80. The van der Waals surface area contributed by atoms with Crippen LogP contribution in [-0.2, 0) is 13.6 Å². The molecule has 0 unspecified atom stereocenters. The molecule has 4 aromatic heterocycles. The molecule has 0 saturated heterocycles. The highest BCUT2D eigenvalue weighted by Gasteiger charge is 2.17. The van der Waals surface area contributed by atoms with Gasteiger partial charge < -0.3 is 0 Å². The number of rotatable bonds is 3. The van der Waals surface area contributed by atoms with Crippen molar-refractivity contribution >= 4 is 16.7 Å². The fourth-order valence-corrected chi connectivity index (χ4v) is 3.47. The number of hydrogen-bond donors (Lipinski definition) is 0. The fourth-order valence-electron chi connectivity index (χ4n) is 3.47. The first kappa shape index (κ1) is 17.8. The highest BCUT2D eigenvalue weighted by atomic mass is 19.1. The molecule has 0 bridgehead atoms. The van der Waals surface area contributed by atoms with Crippen LogP contribution in [0.3, 0.4) is 0 Å². The molecule has 0 N–H and O–H groups in total. The standard InChI is InChI=1S/C21H14FN7O/c1-27-18-11-24-19(15-10-25-29-7-6-13(9-23)8-17(15)29)26-20(18)28(21(27)30)12-14-4-2-3-5-16(14)22/h2-8,10-11H,12H2,1H3. The Morgan fingerprint density at radius 2 is 2.00 bits per heavy atom. The lowest BCUT2D eigenvalue weighted by Crippen LogP contribution is -2.23. The van der Waals surface area contributed by atoms with Gasteiger partial charge in [-0.15, -0.1) is 0 Å². The van der Waals surface area contributed by atoms with Gasteiger partial charge in [-0.05, 0) is 18.2 Å². The van der Waals surface area contributed by atoms with E-state index in [9.17, 15) is 14.4 Å². The number of fused-ring (bicyclic) bond motifs is 2. The van der Waals surface area contributed by atoms with E-state index < -0.39 is 0 Å². The number of pyridine rings is 1. The van der Waals surface area contributed by atoms with Gasteiger partial charge in [0, 0.05) is 18.8 Å². The molecule has 0 aliphatic rings. The Balaban J connectivity index is 1.71. The Morgan fingerprint density at radius 1 is 1.17 bits per heavy atom. The van der Waals surface area contributed by atoms with Crippen molar-refractivity contribution in [1.29, 1.82) is 5.26 Å². The monoisotopic (exact) mass is 399 g/mol. The summed E-state index contributed by atoms with van der Waals surface area (Å²) in [4.78, 5) is 21.8. The number of imidazole rings is 1. The van der Waals surface area contributed by atoms with Crippen molar-refractivity contribution in [2.45, 2.75) is 6.54 Å². The SMILES string of the molecule is Cn1c(=O)n(Cc2ccccc2F)c2nc(-c3cnn4ccc(C#N)cc34)ncc21. The Kier molecular flexibility index (Phi) is 3.93. The summed E-state index contributed by atoms with van der Waals surface area (Å²) in [6.45, 7) is 0.0483. The second kappa shape index (κ2) is 6.63. The Labute approximate surface area is 169 Å². The predicted molar refractivity (Wildman–Crippen MR) is 107 cm³/mol. The minimum atomic E-state index is -0.387. The normalized spacial score (nSPS) is 11.2. The maximum atomic E-state index is 14.2. The molecule has 0 fully saturated rings. The molecule has 0 spiro atoms. The lowest BCUT2D eigenvalue weighted by atomic mass is 10.2. The Bertz CT molecular complexity index is 1540. The summed E-state index contributed by atoms with van der Waals surface area (Å²) in [6.07, 6.45) is 4.86. The molecule has 5 rings (SSSR count). The van der Waals surface area contributed by atoms with Crippen molar-refractivity contribution in [2.75, 3.05) is 0 Å². The zero-order valence-electron chi connectivity index (χ0n) is 15.8. The molecule has 0 amide bonds. The fraction of sp³-hybridized carbons (Fsp3) is 0.0952. The minimum Gasteiger partial charge on any atom is -0.292 e. The van der Waals surface area contributed by atoms with E-state index in [0.717, 1.165) is 0 Å². The maximum absolute atomic E-state index is 14.2. The van der Waals surface area contributed by atoms with Gasteiger partial charge in [-0.2, -0.15) is 10.4 Å². The first-order valence-corrected chi connectivity index (χ1v) is 9.10. The van der Waals surface area contributed by atoms with Crippen LogP contribution in [0.15, 0.2) is 59.8 Å². The molecule has 0 saturated carbocycles. The van der Waals surface area contributed by atoms with E-state index >= 15 is 0 Å². The van der Waals surface area contributed by atoms with Crippen molar-refractivity contribution in [3.05, 3.63) is 82.4 Å². The topological polar surface area (TPSA) is 93.8 Å². The van der Waals surface area contributed by atoms with Crippen LogP contribution in [0, 0.1) is 17.1 Å². The average molecular weight is 399 g/mol. The molecule has 0 aliphatic carbocycles. The highest BCUT2D eigenvalue weighted by molar-refractivity contribution is 5.80. The van der Waals surface area contributed by atoms with Gasteiger partial charge in [0.25, 0.3) is 0 Å². The number of hydrogen-bond acceptors (Lipinski definition) is 5. The van der Waals surface area contributed by atoms with Crippen molar-refractivity contribution in [3.63, 3.8) is 0 Å². The number of aromatic nitrogens is 6. The summed E-state index contributed by atoms with van der Waals surface area (Å²) in [7, 11) is 1.63. The third kappa shape index (κ3) is 2.66. The number of nitrogens with zero attached hydrogens (tertiary/aromatic N) is 7. The summed E-state index contributed by atoms with van der Waals surface area (Å²) in [5.74, 6) is -0.0252. The van der Waals surface area contributed by atoms with Crippen LogP contribution in [0.1, 0.15) is 11.1 Å². The Morgan fingerprint density at radius 3 is 2.80 bits per heavy atom. The van der Waals surface area contributed by atoms with Gasteiger partial charge in [-0.3, -0.25) is 9.13 Å². The number of benzene rings is 1. The van der Waals surface area contributed by atoms with E-state index in [1.165, 1.54) is 15.2 Å². The summed E-state index contributed by atoms with van der Waals surface area (Å²) in [6, 6.07) is 11.8. The molecule has 30 heavy (non-hydrogen) atoms. The number of aryl methyl sites for hydroxylation is 1. The smallest absolute Gasteiger partial charge is 0.292 e. The van der Waals surface area contributed by atoms with Gasteiger partial charge in [0.1, 0.15) is 11.3 Å². The van der Waals surface area contributed by atoms with Crippen LogP contribution in [-0.4, -0.2) is 28.7 Å². The van der Waals surface area contributed by atoms with E-state index in [1.807, 2.05) is 0 Å². The van der Waals surface area contributed by atoms with Crippen molar-refractivity contribution in [3.8, 4) is 17.5 Å². The van der Waals surface area contributed by atoms with Crippen molar-refractivity contribution in [1.82, 2.24) is 28.7 Å². The molecule has 146 valence electrons. The van der Waals surface area contributed by atoms with E-state index in [1.54, 1.807) is 60.5 Å². The summed E-state index contributed by atoms with van der Waals surface area (Å²) >= 11 is 0. The summed E-state index contributed by atoms with van der Waals surface area (Å²) in [5, 5.41) is 13.5. The largest absolute Gasteiger partial charge is 0.330 e. The molecular formula is C21H14FN7O. The zero-order valence-corrected chi connectivity index (χ0v) is 15.8. The molecular weight excluding hydrogens is 385 g/mol. The van der Waals surface area contributed by atoms with Crippen LogP contribution in [0.5, 0.6) is 0 Å². The third-order valence-corrected chi connectivity index (χ3v) is 5.06. The quantitative estimate of drug-likeness (QED) is 0.465. The van der Waals surface area contributed by atoms with Gasteiger partial charge in [0.15, 0.2) is 11.5 Å². The molecule has 1 aromatic carbocycles. The first-order chi connectivity index (χ1) is 14.6. The maximum Gasteiger partial charge on any atom is 0.330 e. The van der Waals surface area contributed by atoms with Gasteiger partial charge in [-0.1, -0.05) is 18.2 Å². The van der Waals surface area contributed by atoms with Crippen LogP contribution in [0.4, 0.5) is 4.39 Å². The van der Waals surface area contributed by atoms with Crippen LogP contribution in [0.2, 0.25) is 0 Å². The molecule has 0 aliphatic heterocycles. The molecule has 5 aromatic rings. The highest BCUT2D eigenvalue weighted by Crippen LogP contribution is 2.24. The second-order valence-electron chi connectivity index (χ2n) is 6.84. The third-order valence-electron chi connectivity index (χ3n) is 5.06. The average Bonchev–Trinajstić information content (AvgIpc) is 3.29. The van der Waals surface area contributed by atoms with Gasteiger partial charge >= 0.3 is 5.69 Å². The van der Waals surface area contributed by atoms with Gasteiger partial charge in [0.2, 0.25) is 0 Å². The molecule has 9 heteroatoms. The molecule has 8 nitrogen and oxygen atoms in total. The molecule has 0 atom stereocenters. The van der Waals surface area contributed by atoms with E-state index in [0.29, 0.717) is 39.2 Å². The molecule has 4 heterocycles. The Hall–Kier alpha value is -4.32. The molecule has 0 radical (unpaired) electrons. The zero-order chi connectivity index (χ0) is 20.8. The van der Waals surface area contributed by atoms with E-state index in [4.69, 9.17) is 0 Å². The van der Waals surface area contributed by atoms with Gasteiger partial charge in [-0.25, -0.2) is 23.7 Å². The summed E-state index contributed by atoms with van der Waals surface area (Å²) < 4.78 is 18.7. The predicted octanol–water partition coefficient (Wildman–Crippen LogP) is 2.50. The lowest BCUT2D eigenvalue weighted by Gasteiger charge is -2.05. The van der Waals surface area contributed by atoms with Crippen LogP contribution >= 0.6 is 0 Å². The van der Waals surface area contributed by atoms with Gasteiger partial charge in [0.05, 0.1) is 41.7 Å². The van der Waals surface area contributed by atoms with Crippen LogP contribution < -0.4 is 5.69 Å². The first-order valence-electron chi connectivity index (χ1n) is 9.10. The van der Waals surface area contributed by atoms with Crippen LogP contribution in [0.25, 0.3) is 28.1 Å². The van der Waals surface area contributed by atoms with E-state index in [-0.39, 0.29) is 18.1 Å². The number of nitriles is 1. The minimum absolute atomic E-state index is 0.0483. The number of halogens is 1. The lowest BCUT2D eigenvalue weighted by molar-refractivity contribution is 0.596. The second-order valence-corrected chi connectivity index (χ2v) is 6.84.